The Labute approximate surface area is 170 Å². The molecule has 0 amide bonds. The van der Waals surface area contributed by atoms with Crippen LogP contribution in [0.5, 0.6) is 17.4 Å². The summed E-state index contributed by atoms with van der Waals surface area (Å²) in [6.45, 7) is 0.435. The average Bonchev–Trinajstić information content (AvgIpc) is 3.10. The van der Waals surface area contributed by atoms with E-state index in [0.717, 1.165) is 16.9 Å². The van der Waals surface area contributed by atoms with Crippen LogP contribution in [0.1, 0.15) is 5.82 Å². The molecule has 0 unspecified atom stereocenters. The van der Waals surface area contributed by atoms with Crippen molar-refractivity contribution in [1.29, 1.82) is 0 Å². The first kappa shape index (κ1) is 18.3. The molecule has 0 aliphatic rings. The molecule has 28 heavy (non-hydrogen) atoms. The van der Waals surface area contributed by atoms with Gasteiger partial charge in [-0.05, 0) is 35.9 Å². The number of ether oxygens (including phenoxy) is 2. The molecule has 9 heteroatoms. The molecule has 0 spiro atoms. The Morgan fingerprint density at radius 2 is 1.89 bits per heavy atom. The van der Waals surface area contributed by atoms with Crippen molar-refractivity contribution in [1.82, 2.24) is 19.9 Å². The van der Waals surface area contributed by atoms with Gasteiger partial charge >= 0.3 is 0 Å². The summed E-state index contributed by atoms with van der Waals surface area (Å²) in [6, 6.07) is 14.5. The van der Waals surface area contributed by atoms with E-state index in [4.69, 9.17) is 32.7 Å². The lowest BCUT2D eigenvalue weighted by molar-refractivity contribution is 0.412. The van der Waals surface area contributed by atoms with E-state index in [2.05, 4.69) is 25.3 Å². The molecule has 2 aromatic carbocycles. The van der Waals surface area contributed by atoms with E-state index < -0.39 is 0 Å². The van der Waals surface area contributed by atoms with Gasteiger partial charge in [0.25, 0.3) is 0 Å². The zero-order valence-electron chi connectivity index (χ0n) is 14.7. The summed E-state index contributed by atoms with van der Waals surface area (Å²) < 4.78 is 10.9. The van der Waals surface area contributed by atoms with Gasteiger partial charge in [0.15, 0.2) is 0 Å². The monoisotopic (exact) mass is 415 g/mol. The van der Waals surface area contributed by atoms with Gasteiger partial charge < -0.3 is 19.8 Å². The molecule has 4 aromatic rings. The van der Waals surface area contributed by atoms with Crippen LogP contribution < -0.4 is 14.8 Å². The summed E-state index contributed by atoms with van der Waals surface area (Å²) >= 11 is 12.2. The number of aromatic amines is 1. The van der Waals surface area contributed by atoms with Crippen LogP contribution in [-0.4, -0.2) is 27.0 Å². The van der Waals surface area contributed by atoms with E-state index in [9.17, 15) is 0 Å². The number of para-hydroxylation sites is 2. The minimum absolute atomic E-state index is 0.0502. The molecule has 0 saturated heterocycles. The van der Waals surface area contributed by atoms with Crippen molar-refractivity contribution >= 4 is 40.1 Å². The summed E-state index contributed by atoms with van der Waals surface area (Å²) in [5, 5.41) is 3.60. The fourth-order valence-electron chi connectivity index (χ4n) is 2.61. The predicted molar refractivity (Wildman–Crippen MR) is 109 cm³/mol. The molecule has 0 aliphatic carbocycles. The summed E-state index contributed by atoms with van der Waals surface area (Å²) in [7, 11) is 1.57. The normalized spacial score (nSPS) is 10.8. The summed E-state index contributed by atoms with van der Waals surface area (Å²) in [4.78, 5) is 16.0. The topological polar surface area (TPSA) is 85.0 Å². The van der Waals surface area contributed by atoms with Gasteiger partial charge in [0, 0.05) is 12.1 Å². The molecule has 2 aromatic heterocycles. The first-order valence-electron chi connectivity index (χ1n) is 8.34. The van der Waals surface area contributed by atoms with Crippen LogP contribution in [0.15, 0.2) is 48.5 Å². The molecule has 4 rings (SSSR count). The molecule has 7 nitrogen and oxygen atoms in total. The number of fused-ring (bicyclic) bond motifs is 1. The van der Waals surface area contributed by atoms with E-state index in [0.29, 0.717) is 28.9 Å². The van der Waals surface area contributed by atoms with E-state index in [1.54, 1.807) is 31.4 Å². The van der Waals surface area contributed by atoms with Crippen molar-refractivity contribution in [2.24, 2.45) is 0 Å². The minimum Gasteiger partial charge on any atom is -0.497 e. The summed E-state index contributed by atoms with van der Waals surface area (Å²) in [5.74, 6) is 2.60. The van der Waals surface area contributed by atoms with Crippen molar-refractivity contribution in [2.45, 2.75) is 6.54 Å². The zero-order valence-corrected chi connectivity index (χ0v) is 16.3. The highest BCUT2D eigenvalue weighted by Gasteiger charge is 2.10. The summed E-state index contributed by atoms with van der Waals surface area (Å²) in [6.07, 6.45) is 0. The number of nitrogens with zero attached hydrogens (tertiary/aromatic N) is 3. The number of nitrogens with one attached hydrogen (secondary N) is 2. The lowest BCUT2D eigenvalue weighted by Crippen LogP contribution is -2.04. The molecule has 2 heterocycles. The van der Waals surface area contributed by atoms with Gasteiger partial charge in [0.05, 0.1) is 29.7 Å². The maximum Gasteiger partial charge on any atom is 0.227 e. The van der Waals surface area contributed by atoms with Crippen LogP contribution in [0, 0.1) is 0 Å². The summed E-state index contributed by atoms with van der Waals surface area (Å²) in [5.41, 5.74) is 1.87. The first-order chi connectivity index (χ1) is 13.6. The van der Waals surface area contributed by atoms with Crippen LogP contribution in [0.25, 0.3) is 11.0 Å². The van der Waals surface area contributed by atoms with Crippen molar-refractivity contribution in [2.75, 3.05) is 12.4 Å². The van der Waals surface area contributed by atoms with Crippen molar-refractivity contribution in [3.8, 4) is 17.4 Å². The molecule has 0 radical (unpaired) electrons. The third-order valence-electron chi connectivity index (χ3n) is 3.90. The minimum atomic E-state index is 0.0502. The maximum absolute atomic E-state index is 6.21. The quantitative estimate of drug-likeness (QED) is 0.427. The number of halogens is 2. The number of rotatable bonds is 6. The molecule has 2 N–H and O–H groups in total. The van der Waals surface area contributed by atoms with Crippen LogP contribution in [0.4, 0.5) is 5.82 Å². The van der Waals surface area contributed by atoms with Crippen molar-refractivity contribution in [3.63, 3.8) is 0 Å². The number of anilines is 1. The van der Waals surface area contributed by atoms with Crippen LogP contribution in [0.3, 0.4) is 0 Å². The van der Waals surface area contributed by atoms with Gasteiger partial charge in [0.2, 0.25) is 11.2 Å². The fourth-order valence-corrected chi connectivity index (χ4v) is 2.99. The third kappa shape index (κ3) is 4.11. The molecule has 0 saturated carbocycles. The average molecular weight is 416 g/mol. The van der Waals surface area contributed by atoms with E-state index in [1.807, 2.05) is 24.3 Å². The van der Waals surface area contributed by atoms with Crippen LogP contribution in [0.2, 0.25) is 10.3 Å². The Morgan fingerprint density at radius 1 is 1.04 bits per heavy atom. The Kier molecular flexibility index (Phi) is 5.18. The Bertz CT molecular complexity index is 1100. The maximum atomic E-state index is 6.21. The highest BCUT2D eigenvalue weighted by Crippen LogP contribution is 2.32. The molecule has 0 fully saturated rings. The van der Waals surface area contributed by atoms with Crippen molar-refractivity contribution in [3.05, 3.63) is 64.7 Å². The van der Waals surface area contributed by atoms with E-state index in [1.165, 1.54) is 0 Å². The number of benzene rings is 2. The predicted octanol–water partition coefficient (Wildman–Crippen LogP) is 5.07. The van der Waals surface area contributed by atoms with Gasteiger partial charge in [-0.25, -0.2) is 9.97 Å². The van der Waals surface area contributed by atoms with Gasteiger partial charge in [-0.2, -0.15) is 4.98 Å². The smallest absolute Gasteiger partial charge is 0.227 e. The first-order valence-corrected chi connectivity index (χ1v) is 9.10. The molecular formula is C19H15Cl2N5O2. The molecular weight excluding hydrogens is 401 g/mol. The second-order valence-corrected chi connectivity index (χ2v) is 6.56. The lowest BCUT2D eigenvalue weighted by Gasteiger charge is -2.10. The Morgan fingerprint density at radius 3 is 2.68 bits per heavy atom. The zero-order chi connectivity index (χ0) is 19.5. The van der Waals surface area contributed by atoms with Gasteiger partial charge in [-0.1, -0.05) is 23.7 Å². The number of H-pyrrole nitrogens is 1. The Hall–Kier alpha value is -3.03. The molecule has 142 valence electrons. The second kappa shape index (κ2) is 7.92. The molecule has 0 atom stereocenters. The van der Waals surface area contributed by atoms with Crippen molar-refractivity contribution < 1.29 is 9.47 Å². The largest absolute Gasteiger partial charge is 0.497 e. The number of hydrogen-bond donors (Lipinski definition) is 2. The van der Waals surface area contributed by atoms with Gasteiger partial charge in [-0.15, -0.1) is 0 Å². The van der Waals surface area contributed by atoms with Gasteiger partial charge in [0.1, 0.15) is 23.1 Å². The lowest BCUT2D eigenvalue weighted by atomic mass is 10.3. The number of imidazole rings is 1. The van der Waals surface area contributed by atoms with Crippen LogP contribution in [-0.2, 0) is 6.54 Å². The van der Waals surface area contributed by atoms with E-state index in [-0.39, 0.29) is 11.2 Å². The number of hydrogen-bond acceptors (Lipinski definition) is 6. The molecule has 0 aliphatic heterocycles. The standard InChI is InChI=1S/C19H15Cl2N5O2/c1-27-11-6-7-15(12(20)8-11)28-18-9-16(25-19(21)26-18)22-10-17-23-13-4-2-3-5-14(13)24-17/h2-9H,10H2,1H3,(H,23,24)(H,22,25,26). The SMILES string of the molecule is COc1ccc(Oc2cc(NCc3nc4ccccc4[nH]3)nc(Cl)n2)c(Cl)c1. The van der Waals surface area contributed by atoms with E-state index >= 15 is 0 Å². The highest BCUT2D eigenvalue weighted by atomic mass is 35.5. The molecule has 0 bridgehead atoms. The fraction of sp³-hybridized carbons (Fsp3) is 0.105. The highest BCUT2D eigenvalue weighted by molar-refractivity contribution is 6.32. The van der Waals surface area contributed by atoms with Gasteiger partial charge in [-0.3, -0.25) is 0 Å². The second-order valence-electron chi connectivity index (χ2n) is 5.81. The third-order valence-corrected chi connectivity index (χ3v) is 4.37. The number of aromatic nitrogens is 4. The van der Waals surface area contributed by atoms with Crippen LogP contribution >= 0.6 is 23.2 Å². The number of methoxy groups -OCH3 is 1. The Balaban J connectivity index is 1.50.